The number of esters is 1. The van der Waals surface area contributed by atoms with Gasteiger partial charge in [0, 0.05) is 6.92 Å². The van der Waals surface area contributed by atoms with Crippen molar-refractivity contribution in [2.75, 3.05) is 6.61 Å². The molecule has 1 atom stereocenters. The molecule has 0 saturated carbocycles. The normalized spacial score (nSPS) is 15.3. The van der Waals surface area contributed by atoms with Crippen LogP contribution < -0.4 is 0 Å². The van der Waals surface area contributed by atoms with Gasteiger partial charge in [-0.3, -0.25) is 4.79 Å². The number of allylic oxidation sites excluding steroid dienone is 4. The van der Waals surface area contributed by atoms with Crippen molar-refractivity contribution in [3.63, 3.8) is 0 Å². The van der Waals surface area contributed by atoms with Gasteiger partial charge in [0.25, 0.3) is 0 Å². The molecule has 0 heterocycles. The first-order valence-corrected chi connectivity index (χ1v) is 13.5. The van der Waals surface area contributed by atoms with E-state index in [4.69, 9.17) is 4.74 Å². The minimum Gasteiger partial charge on any atom is -0.462 e. The molecule has 0 aliphatic heterocycles. The number of sulfone groups is 1. The zero-order chi connectivity index (χ0) is 26.2. The van der Waals surface area contributed by atoms with E-state index in [0.29, 0.717) is 11.3 Å². The molecular formula is C29H44O4S. The molecule has 5 heteroatoms. The van der Waals surface area contributed by atoms with Gasteiger partial charge in [0.05, 0.1) is 10.1 Å². The van der Waals surface area contributed by atoms with Crippen LogP contribution in [0.5, 0.6) is 0 Å². The fourth-order valence-electron chi connectivity index (χ4n) is 3.68. The molecule has 0 radical (unpaired) electrons. The first-order valence-electron chi connectivity index (χ1n) is 12.0. The molecule has 1 aromatic rings. The standard InChI is InChI=1S/C29H44O4S/c1-22(16-18-33-25(4)30)19-27(34(31,32)26-13-11-10-12-14-26)20-23(2)21-29(8,9)17-15-24(3)28(5,6)7/h10-16,20,27H,17-19,21H2,1-9H3/b22-16+,23-20+,24-15+. The van der Waals surface area contributed by atoms with Crippen molar-refractivity contribution < 1.29 is 17.9 Å². The molecule has 34 heavy (non-hydrogen) atoms. The Hall–Kier alpha value is -2.14. The molecule has 0 N–H and O–H groups in total. The zero-order valence-corrected chi connectivity index (χ0v) is 23.4. The third-order valence-corrected chi connectivity index (χ3v) is 8.11. The zero-order valence-electron chi connectivity index (χ0n) is 22.6. The predicted molar refractivity (Wildman–Crippen MR) is 142 cm³/mol. The van der Waals surface area contributed by atoms with Gasteiger partial charge in [-0.1, -0.05) is 81.7 Å². The predicted octanol–water partition coefficient (Wildman–Crippen LogP) is 7.47. The van der Waals surface area contributed by atoms with E-state index in [1.54, 1.807) is 30.3 Å². The van der Waals surface area contributed by atoms with E-state index in [9.17, 15) is 13.2 Å². The molecule has 0 fully saturated rings. The van der Waals surface area contributed by atoms with Crippen molar-refractivity contribution in [3.05, 3.63) is 65.3 Å². The summed E-state index contributed by atoms with van der Waals surface area (Å²) in [5.74, 6) is -0.355. The van der Waals surface area contributed by atoms with Crippen LogP contribution in [0.15, 0.2) is 70.2 Å². The second-order valence-electron chi connectivity index (χ2n) is 11.1. The monoisotopic (exact) mass is 488 g/mol. The number of carbonyl (C=O) groups excluding carboxylic acids is 1. The Kier molecular flexibility index (Phi) is 11.0. The van der Waals surface area contributed by atoms with E-state index in [1.165, 1.54) is 12.5 Å². The lowest BCUT2D eigenvalue weighted by Gasteiger charge is -2.27. The first-order chi connectivity index (χ1) is 15.5. The fraction of sp³-hybridized carbons (Fsp3) is 0.552. The molecule has 0 amide bonds. The Morgan fingerprint density at radius 1 is 0.941 bits per heavy atom. The lowest BCUT2D eigenvalue weighted by Crippen LogP contribution is -2.21. The number of benzene rings is 1. The van der Waals surface area contributed by atoms with E-state index in [-0.39, 0.29) is 23.4 Å². The van der Waals surface area contributed by atoms with Gasteiger partial charge in [-0.15, -0.1) is 0 Å². The Morgan fingerprint density at radius 2 is 1.53 bits per heavy atom. The molecule has 0 bridgehead atoms. The van der Waals surface area contributed by atoms with Gasteiger partial charge in [0.15, 0.2) is 9.84 Å². The minimum atomic E-state index is -3.57. The lowest BCUT2D eigenvalue weighted by molar-refractivity contribution is -0.139. The highest BCUT2D eigenvalue weighted by Crippen LogP contribution is 2.34. The van der Waals surface area contributed by atoms with Crippen molar-refractivity contribution in [1.29, 1.82) is 0 Å². The van der Waals surface area contributed by atoms with E-state index in [1.807, 2.05) is 26.0 Å². The highest BCUT2D eigenvalue weighted by atomic mass is 32.2. The van der Waals surface area contributed by atoms with E-state index in [0.717, 1.165) is 24.0 Å². The van der Waals surface area contributed by atoms with Gasteiger partial charge < -0.3 is 4.74 Å². The SMILES string of the molecule is CC(=O)OC/C=C(\C)CC(/C=C(\C)CC(C)(C)C/C=C(\C)C(C)(C)C)S(=O)(=O)c1ccccc1. The van der Waals surface area contributed by atoms with Crippen molar-refractivity contribution in [1.82, 2.24) is 0 Å². The van der Waals surface area contributed by atoms with E-state index < -0.39 is 15.1 Å². The van der Waals surface area contributed by atoms with Crippen LogP contribution in [0.1, 0.15) is 81.6 Å². The van der Waals surface area contributed by atoms with Crippen LogP contribution in [0.2, 0.25) is 0 Å². The van der Waals surface area contributed by atoms with Crippen molar-refractivity contribution >= 4 is 15.8 Å². The fourth-order valence-corrected chi connectivity index (χ4v) is 5.46. The molecule has 1 rings (SSSR count). The highest BCUT2D eigenvalue weighted by Gasteiger charge is 2.27. The molecular weight excluding hydrogens is 444 g/mol. The molecule has 1 aromatic carbocycles. The van der Waals surface area contributed by atoms with Crippen LogP contribution in [0.3, 0.4) is 0 Å². The third kappa shape index (κ3) is 10.4. The Labute approximate surface area is 208 Å². The van der Waals surface area contributed by atoms with Crippen LogP contribution >= 0.6 is 0 Å². The van der Waals surface area contributed by atoms with Crippen LogP contribution in [0.4, 0.5) is 0 Å². The second kappa shape index (κ2) is 12.5. The third-order valence-electron chi connectivity index (χ3n) is 6.08. The summed E-state index contributed by atoms with van der Waals surface area (Å²) >= 11 is 0. The van der Waals surface area contributed by atoms with Gasteiger partial charge in [-0.2, -0.15) is 0 Å². The van der Waals surface area contributed by atoms with Gasteiger partial charge in [0.2, 0.25) is 0 Å². The highest BCUT2D eigenvalue weighted by molar-refractivity contribution is 7.92. The maximum absolute atomic E-state index is 13.5. The molecule has 190 valence electrons. The number of ether oxygens (including phenoxy) is 1. The summed E-state index contributed by atoms with van der Waals surface area (Å²) < 4.78 is 32.0. The van der Waals surface area contributed by atoms with Crippen LogP contribution in [0.25, 0.3) is 0 Å². The lowest BCUT2D eigenvalue weighted by atomic mass is 9.79. The average molecular weight is 489 g/mol. The maximum atomic E-state index is 13.5. The second-order valence-corrected chi connectivity index (χ2v) is 13.3. The summed E-state index contributed by atoms with van der Waals surface area (Å²) in [6.07, 6.45) is 8.08. The van der Waals surface area contributed by atoms with Crippen molar-refractivity contribution in [2.45, 2.75) is 91.7 Å². The topological polar surface area (TPSA) is 60.4 Å². The van der Waals surface area contributed by atoms with Gasteiger partial charge in [0.1, 0.15) is 6.61 Å². The molecule has 0 aromatic heterocycles. The van der Waals surface area contributed by atoms with E-state index in [2.05, 4.69) is 47.6 Å². The minimum absolute atomic E-state index is 0.00830. The molecule has 1 unspecified atom stereocenters. The summed E-state index contributed by atoms with van der Waals surface area (Å²) in [6, 6.07) is 8.60. The van der Waals surface area contributed by atoms with E-state index >= 15 is 0 Å². The van der Waals surface area contributed by atoms with Crippen LogP contribution in [0, 0.1) is 10.8 Å². The van der Waals surface area contributed by atoms with Gasteiger partial charge in [-0.25, -0.2) is 8.42 Å². The first kappa shape index (κ1) is 29.9. The van der Waals surface area contributed by atoms with Gasteiger partial charge >= 0.3 is 5.97 Å². The molecule has 4 nitrogen and oxygen atoms in total. The van der Waals surface area contributed by atoms with Crippen molar-refractivity contribution in [2.24, 2.45) is 10.8 Å². The average Bonchev–Trinajstić information content (AvgIpc) is 2.70. The Balaban J connectivity index is 3.19. The maximum Gasteiger partial charge on any atom is 0.302 e. The molecule has 0 saturated heterocycles. The summed E-state index contributed by atoms with van der Waals surface area (Å²) in [4.78, 5) is 11.4. The quantitative estimate of drug-likeness (QED) is 0.239. The summed E-state index contributed by atoms with van der Waals surface area (Å²) in [6.45, 7) is 18.7. The number of hydrogen-bond donors (Lipinski definition) is 0. The van der Waals surface area contributed by atoms with Crippen LogP contribution in [-0.4, -0.2) is 26.2 Å². The van der Waals surface area contributed by atoms with Gasteiger partial charge in [-0.05, 0) is 69.1 Å². The molecule has 0 aliphatic rings. The summed E-state index contributed by atoms with van der Waals surface area (Å²) in [7, 11) is -3.57. The Morgan fingerprint density at radius 3 is 2.06 bits per heavy atom. The summed E-state index contributed by atoms with van der Waals surface area (Å²) in [5, 5.41) is -0.689. The number of rotatable bonds is 11. The number of hydrogen-bond acceptors (Lipinski definition) is 4. The Bertz CT molecular complexity index is 1000. The van der Waals surface area contributed by atoms with Crippen molar-refractivity contribution in [3.8, 4) is 0 Å². The summed E-state index contributed by atoms with van der Waals surface area (Å²) in [5.41, 5.74) is 3.45. The molecule has 0 aliphatic carbocycles. The smallest absolute Gasteiger partial charge is 0.302 e. The largest absolute Gasteiger partial charge is 0.462 e. The molecule has 0 spiro atoms. The number of carbonyl (C=O) groups is 1. The van der Waals surface area contributed by atoms with Crippen LogP contribution in [-0.2, 0) is 19.4 Å².